The topological polar surface area (TPSA) is 55.1 Å². The highest BCUT2D eigenvalue weighted by atomic mass is 16.1. The molecule has 1 atom stereocenters. The van der Waals surface area contributed by atoms with E-state index >= 15 is 0 Å². The Morgan fingerprint density at radius 1 is 1.10 bits per heavy atom. The molecule has 0 radical (unpaired) electrons. The lowest BCUT2D eigenvalue weighted by molar-refractivity contribution is -0.120. The van der Waals surface area contributed by atoms with Crippen LogP contribution >= 0.6 is 0 Å². The number of nitrogens with one attached hydrogen (secondary N) is 1. The number of carbonyl (C=O) groups is 1. The van der Waals surface area contributed by atoms with Crippen molar-refractivity contribution in [2.45, 2.75) is 31.3 Å². The van der Waals surface area contributed by atoms with E-state index in [1.807, 2.05) is 42.5 Å². The number of amides is 1. The van der Waals surface area contributed by atoms with Gasteiger partial charge in [-0.2, -0.15) is 0 Å². The van der Waals surface area contributed by atoms with Gasteiger partial charge in [0.15, 0.2) is 0 Å². The highest BCUT2D eigenvalue weighted by Crippen LogP contribution is 2.40. The number of benzene rings is 2. The van der Waals surface area contributed by atoms with Crippen molar-refractivity contribution < 1.29 is 4.79 Å². The van der Waals surface area contributed by atoms with Gasteiger partial charge >= 0.3 is 0 Å². The van der Waals surface area contributed by atoms with Gasteiger partial charge in [-0.3, -0.25) is 10.1 Å². The maximum atomic E-state index is 11.7. The second-order valence-electron chi connectivity index (χ2n) is 5.64. The Hall–Kier alpha value is -2.13. The summed E-state index contributed by atoms with van der Waals surface area (Å²) < 4.78 is 0. The van der Waals surface area contributed by atoms with E-state index in [0.717, 1.165) is 17.0 Å². The maximum absolute atomic E-state index is 11.7. The lowest BCUT2D eigenvalue weighted by Crippen LogP contribution is -2.33. The third kappa shape index (κ3) is 3.50. The van der Waals surface area contributed by atoms with Crippen molar-refractivity contribution in [2.24, 2.45) is 5.73 Å². The quantitative estimate of drug-likeness (QED) is 0.855. The largest absolute Gasteiger partial charge is 0.368 e. The molecule has 1 amide bonds. The van der Waals surface area contributed by atoms with Crippen LogP contribution in [0.3, 0.4) is 0 Å². The first kappa shape index (κ1) is 13.8. The maximum Gasteiger partial charge on any atom is 0.239 e. The summed E-state index contributed by atoms with van der Waals surface area (Å²) in [6, 6.07) is 17.8. The van der Waals surface area contributed by atoms with Crippen LogP contribution in [0.4, 0.5) is 0 Å². The summed E-state index contributed by atoms with van der Waals surface area (Å²) in [7, 11) is 0. The molecule has 0 aliphatic heterocycles. The molecule has 1 aliphatic carbocycles. The van der Waals surface area contributed by atoms with E-state index in [-0.39, 0.29) is 5.91 Å². The van der Waals surface area contributed by atoms with E-state index in [2.05, 4.69) is 17.4 Å². The Labute approximate surface area is 125 Å². The van der Waals surface area contributed by atoms with E-state index in [1.54, 1.807) is 0 Å². The van der Waals surface area contributed by atoms with Crippen LogP contribution in [0.1, 0.15) is 41.5 Å². The van der Waals surface area contributed by atoms with Gasteiger partial charge in [0.1, 0.15) is 6.04 Å². The lowest BCUT2D eigenvalue weighted by Gasteiger charge is -2.16. The van der Waals surface area contributed by atoms with Crippen molar-refractivity contribution in [3.05, 3.63) is 71.3 Å². The lowest BCUT2D eigenvalue weighted by atomic mass is 10.0. The third-order valence-corrected chi connectivity index (χ3v) is 3.96. The molecule has 1 fully saturated rings. The van der Waals surface area contributed by atoms with Gasteiger partial charge in [0.25, 0.3) is 0 Å². The van der Waals surface area contributed by atoms with Gasteiger partial charge in [-0.15, -0.1) is 0 Å². The van der Waals surface area contributed by atoms with Crippen molar-refractivity contribution in [1.29, 1.82) is 0 Å². The van der Waals surface area contributed by atoms with Gasteiger partial charge in [0.05, 0.1) is 0 Å². The summed E-state index contributed by atoms with van der Waals surface area (Å²) in [6.45, 7) is 0.624. The average molecular weight is 280 g/mol. The Morgan fingerprint density at radius 3 is 2.33 bits per heavy atom. The van der Waals surface area contributed by atoms with Crippen LogP contribution in [-0.4, -0.2) is 5.91 Å². The molecule has 0 bridgehead atoms. The number of primary amides is 1. The van der Waals surface area contributed by atoms with Crippen molar-refractivity contribution >= 4 is 5.91 Å². The number of nitrogens with two attached hydrogens (primary N) is 1. The summed E-state index contributed by atoms with van der Waals surface area (Å²) in [5.74, 6) is 0.383. The minimum atomic E-state index is -0.446. The summed E-state index contributed by atoms with van der Waals surface area (Å²) >= 11 is 0. The van der Waals surface area contributed by atoms with Gasteiger partial charge in [-0.25, -0.2) is 0 Å². The molecule has 0 spiro atoms. The van der Waals surface area contributed by atoms with Crippen molar-refractivity contribution in [3.8, 4) is 0 Å². The Bertz CT molecular complexity index is 603. The van der Waals surface area contributed by atoms with Crippen LogP contribution in [0, 0.1) is 0 Å². The number of rotatable bonds is 6. The van der Waals surface area contributed by atoms with Gasteiger partial charge in [-0.1, -0.05) is 54.6 Å². The van der Waals surface area contributed by atoms with Crippen molar-refractivity contribution in [2.75, 3.05) is 0 Å². The first-order valence-corrected chi connectivity index (χ1v) is 7.40. The zero-order valence-corrected chi connectivity index (χ0v) is 12.0. The van der Waals surface area contributed by atoms with E-state index in [1.165, 1.54) is 18.4 Å². The molecule has 21 heavy (non-hydrogen) atoms. The van der Waals surface area contributed by atoms with Gasteiger partial charge in [0, 0.05) is 6.54 Å². The van der Waals surface area contributed by atoms with Crippen LogP contribution in [0.5, 0.6) is 0 Å². The minimum Gasteiger partial charge on any atom is -0.368 e. The predicted molar refractivity (Wildman–Crippen MR) is 83.6 cm³/mol. The molecule has 0 aromatic heterocycles. The summed E-state index contributed by atoms with van der Waals surface area (Å²) in [5, 5.41) is 3.24. The van der Waals surface area contributed by atoms with Crippen LogP contribution in [0.25, 0.3) is 0 Å². The highest BCUT2D eigenvalue weighted by Gasteiger charge is 2.24. The normalized spacial score (nSPS) is 15.6. The zero-order valence-electron chi connectivity index (χ0n) is 12.0. The fourth-order valence-electron chi connectivity index (χ4n) is 2.58. The first-order chi connectivity index (χ1) is 10.2. The molecule has 3 nitrogen and oxygen atoms in total. The van der Waals surface area contributed by atoms with Crippen LogP contribution in [-0.2, 0) is 11.3 Å². The van der Waals surface area contributed by atoms with Crippen molar-refractivity contribution in [1.82, 2.24) is 5.32 Å². The number of hydrogen-bond donors (Lipinski definition) is 2. The Kier molecular flexibility index (Phi) is 4.02. The molecule has 0 heterocycles. The first-order valence-electron chi connectivity index (χ1n) is 7.40. The molecule has 3 rings (SSSR count). The average Bonchev–Trinajstić information content (AvgIpc) is 3.34. The monoisotopic (exact) mass is 280 g/mol. The number of carbonyl (C=O) groups excluding carboxylic acids is 1. The van der Waals surface area contributed by atoms with Crippen LogP contribution in [0.2, 0.25) is 0 Å². The molecule has 1 unspecified atom stereocenters. The highest BCUT2D eigenvalue weighted by molar-refractivity contribution is 5.81. The molecule has 1 saturated carbocycles. The molecular weight excluding hydrogens is 260 g/mol. The summed E-state index contributed by atoms with van der Waals surface area (Å²) in [5.41, 5.74) is 8.98. The molecule has 3 N–H and O–H groups in total. The fraction of sp³-hybridized carbons (Fsp3) is 0.278. The molecule has 1 aliphatic rings. The standard InChI is InChI=1S/C18H20N2O/c19-18(21)17(20-12-13-4-2-1-3-5-13)16-10-8-15(9-11-16)14-6-7-14/h1-5,8-11,14,17,20H,6-7,12H2,(H2,19,21). The smallest absolute Gasteiger partial charge is 0.239 e. The molecule has 0 saturated heterocycles. The van der Waals surface area contributed by atoms with E-state index in [9.17, 15) is 4.79 Å². The van der Waals surface area contributed by atoms with Crippen LogP contribution < -0.4 is 11.1 Å². The van der Waals surface area contributed by atoms with Gasteiger partial charge < -0.3 is 5.73 Å². The predicted octanol–water partition coefficient (Wildman–Crippen LogP) is 2.88. The SMILES string of the molecule is NC(=O)C(NCc1ccccc1)c1ccc(C2CC2)cc1. The van der Waals surface area contributed by atoms with E-state index < -0.39 is 6.04 Å². The van der Waals surface area contributed by atoms with E-state index in [0.29, 0.717) is 6.54 Å². The van der Waals surface area contributed by atoms with Crippen molar-refractivity contribution in [3.63, 3.8) is 0 Å². The van der Waals surface area contributed by atoms with Gasteiger partial charge in [0.2, 0.25) is 5.91 Å². The second kappa shape index (κ2) is 6.10. The molecular formula is C18H20N2O. The Morgan fingerprint density at radius 2 is 1.76 bits per heavy atom. The Balaban J connectivity index is 1.70. The summed E-state index contributed by atoms with van der Waals surface area (Å²) in [6.07, 6.45) is 2.57. The summed E-state index contributed by atoms with van der Waals surface area (Å²) in [4.78, 5) is 11.7. The molecule has 3 heteroatoms. The minimum absolute atomic E-state index is 0.342. The van der Waals surface area contributed by atoms with Crippen LogP contribution in [0.15, 0.2) is 54.6 Å². The van der Waals surface area contributed by atoms with Gasteiger partial charge in [-0.05, 0) is 35.4 Å². The van der Waals surface area contributed by atoms with E-state index in [4.69, 9.17) is 5.73 Å². The second-order valence-corrected chi connectivity index (χ2v) is 5.64. The zero-order chi connectivity index (χ0) is 14.7. The molecule has 2 aromatic carbocycles. The third-order valence-electron chi connectivity index (χ3n) is 3.96. The fourth-order valence-corrected chi connectivity index (χ4v) is 2.58. The number of hydrogen-bond acceptors (Lipinski definition) is 2. The molecule has 2 aromatic rings. The molecule has 108 valence electrons.